The number of nitrogens with zero attached hydrogens (tertiary/aromatic N) is 1. The van der Waals surface area contributed by atoms with Gasteiger partial charge >= 0.3 is 5.97 Å². The third kappa shape index (κ3) is 5.07. The molecule has 1 aliphatic carbocycles. The highest BCUT2D eigenvalue weighted by Crippen LogP contribution is 2.22. The van der Waals surface area contributed by atoms with Crippen LogP contribution in [-0.2, 0) is 9.59 Å². The smallest absolute Gasteiger partial charge is 0.305 e. The minimum Gasteiger partial charge on any atom is -0.481 e. The van der Waals surface area contributed by atoms with Crippen LogP contribution in [0.25, 0.3) is 0 Å². The van der Waals surface area contributed by atoms with E-state index in [1.807, 2.05) is 11.8 Å². The quantitative estimate of drug-likeness (QED) is 0.821. The molecule has 104 valence electrons. The highest BCUT2D eigenvalue weighted by Gasteiger charge is 2.23. The summed E-state index contributed by atoms with van der Waals surface area (Å²) in [5.74, 6) is -0.725. The molecule has 0 spiro atoms. The van der Waals surface area contributed by atoms with Crippen molar-refractivity contribution < 1.29 is 14.7 Å². The molecule has 0 aliphatic heterocycles. The number of hydrogen-bond donors (Lipinski definition) is 1. The molecule has 0 bridgehead atoms. The van der Waals surface area contributed by atoms with Crippen molar-refractivity contribution in [2.24, 2.45) is 0 Å². The van der Waals surface area contributed by atoms with Crippen LogP contribution in [0.15, 0.2) is 0 Å². The molecular weight excluding hydrogens is 230 g/mol. The molecule has 0 aromatic carbocycles. The average molecular weight is 255 g/mol. The Balaban J connectivity index is 2.60. The zero-order valence-electron chi connectivity index (χ0n) is 11.4. The van der Waals surface area contributed by atoms with Crippen molar-refractivity contribution in [1.29, 1.82) is 0 Å². The summed E-state index contributed by atoms with van der Waals surface area (Å²) in [5.41, 5.74) is 0. The highest BCUT2D eigenvalue weighted by atomic mass is 16.4. The van der Waals surface area contributed by atoms with E-state index >= 15 is 0 Å². The van der Waals surface area contributed by atoms with Gasteiger partial charge in [-0.3, -0.25) is 9.59 Å². The first-order valence-electron chi connectivity index (χ1n) is 7.16. The van der Waals surface area contributed by atoms with Crippen molar-refractivity contribution in [3.63, 3.8) is 0 Å². The molecule has 0 saturated heterocycles. The van der Waals surface area contributed by atoms with Gasteiger partial charge in [-0.1, -0.05) is 39.0 Å². The number of carboxylic acids is 1. The molecule has 1 aliphatic rings. The van der Waals surface area contributed by atoms with Crippen LogP contribution in [0.3, 0.4) is 0 Å². The number of carbonyl (C=O) groups excluding carboxylic acids is 1. The Kier molecular flexibility index (Phi) is 6.76. The number of carbonyl (C=O) groups is 2. The normalized spacial score (nSPS) is 17.8. The molecular formula is C14H25NO3. The van der Waals surface area contributed by atoms with Gasteiger partial charge in [-0.15, -0.1) is 0 Å². The molecule has 4 nitrogen and oxygen atoms in total. The molecule has 0 atom stereocenters. The fraction of sp³-hybridized carbons (Fsp3) is 0.857. The highest BCUT2D eigenvalue weighted by molar-refractivity contribution is 5.77. The van der Waals surface area contributed by atoms with E-state index in [0.717, 1.165) is 25.7 Å². The zero-order chi connectivity index (χ0) is 13.4. The van der Waals surface area contributed by atoms with Crippen molar-refractivity contribution in [2.45, 2.75) is 70.8 Å². The molecule has 0 aromatic heterocycles. The molecule has 0 heterocycles. The molecule has 1 saturated carbocycles. The Morgan fingerprint density at radius 1 is 1.11 bits per heavy atom. The van der Waals surface area contributed by atoms with Gasteiger partial charge in [0.25, 0.3) is 0 Å². The Labute approximate surface area is 109 Å². The van der Waals surface area contributed by atoms with Crippen molar-refractivity contribution in [3.05, 3.63) is 0 Å². The molecule has 1 fully saturated rings. The lowest BCUT2D eigenvalue weighted by atomic mass is 9.95. The van der Waals surface area contributed by atoms with Gasteiger partial charge in [-0.25, -0.2) is 0 Å². The Morgan fingerprint density at radius 2 is 1.67 bits per heavy atom. The number of hydrogen-bond acceptors (Lipinski definition) is 2. The van der Waals surface area contributed by atoms with E-state index in [-0.39, 0.29) is 18.4 Å². The van der Waals surface area contributed by atoms with Crippen LogP contribution < -0.4 is 0 Å². The average Bonchev–Trinajstić information content (AvgIpc) is 2.30. The van der Waals surface area contributed by atoms with Crippen LogP contribution in [0.4, 0.5) is 0 Å². The monoisotopic (exact) mass is 255 g/mol. The molecule has 1 amide bonds. The van der Waals surface area contributed by atoms with Crippen LogP contribution in [0, 0.1) is 0 Å². The van der Waals surface area contributed by atoms with Crippen molar-refractivity contribution in [1.82, 2.24) is 4.90 Å². The Hall–Kier alpha value is -1.06. The standard InChI is InChI=1S/C14H25NO3/c1-2-13(16)15(11-10-14(17)18)12-8-6-4-3-5-7-9-12/h12H,2-11H2,1H3,(H,17,18). The van der Waals surface area contributed by atoms with Gasteiger partial charge in [0.05, 0.1) is 6.42 Å². The fourth-order valence-corrected chi connectivity index (χ4v) is 2.68. The molecule has 0 aromatic rings. The molecule has 1 rings (SSSR count). The first kappa shape index (κ1) is 15.0. The lowest BCUT2D eigenvalue weighted by Gasteiger charge is -2.32. The number of aliphatic carboxylic acids is 1. The van der Waals surface area contributed by atoms with Gasteiger partial charge in [0, 0.05) is 19.0 Å². The van der Waals surface area contributed by atoms with E-state index in [4.69, 9.17) is 5.11 Å². The van der Waals surface area contributed by atoms with E-state index in [0.29, 0.717) is 13.0 Å². The van der Waals surface area contributed by atoms with Crippen LogP contribution in [0.2, 0.25) is 0 Å². The summed E-state index contributed by atoms with van der Waals surface area (Å²) < 4.78 is 0. The predicted octanol–water partition coefficient (Wildman–Crippen LogP) is 2.81. The van der Waals surface area contributed by atoms with E-state index in [1.54, 1.807) is 0 Å². The first-order valence-corrected chi connectivity index (χ1v) is 7.16. The number of carboxylic acid groups (broad SMARTS) is 1. The molecule has 0 radical (unpaired) electrons. The van der Waals surface area contributed by atoms with Crippen LogP contribution in [0.1, 0.15) is 64.7 Å². The third-order valence-electron chi connectivity index (χ3n) is 3.70. The van der Waals surface area contributed by atoms with Crippen molar-refractivity contribution >= 4 is 11.9 Å². The second kappa shape index (κ2) is 8.11. The maximum atomic E-state index is 12.0. The number of rotatable bonds is 5. The van der Waals surface area contributed by atoms with E-state index < -0.39 is 5.97 Å². The van der Waals surface area contributed by atoms with Gasteiger partial charge < -0.3 is 10.0 Å². The van der Waals surface area contributed by atoms with Gasteiger partial charge in [0.1, 0.15) is 0 Å². The van der Waals surface area contributed by atoms with Gasteiger partial charge in [0.15, 0.2) is 0 Å². The SMILES string of the molecule is CCC(=O)N(CCC(=O)O)C1CCCCCCC1. The summed E-state index contributed by atoms with van der Waals surface area (Å²) in [4.78, 5) is 24.5. The Bertz CT molecular complexity index is 270. The minimum absolute atomic E-state index is 0.0578. The lowest BCUT2D eigenvalue weighted by molar-refractivity contribution is -0.139. The Morgan fingerprint density at radius 3 is 2.17 bits per heavy atom. The summed E-state index contributed by atoms with van der Waals surface area (Å²) in [7, 11) is 0. The topological polar surface area (TPSA) is 57.6 Å². The van der Waals surface area contributed by atoms with Crippen LogP contribution >= 0.6 is 0 Å². The number of amides is 1. The van der Waals surface area contributed by atoms with Crippen molar-refractivity contribution in [2.75, 3.05) is 6.54 Å². The molecule has 1 N–H and O–H groups in total. The fourth-order valence-electron chi connectivity index (χ4n) is 2.68. The summed E-state index contributed by atoms with van der Waals surface area (Å²) in [6.45, 7) is 2.21. The summed E-state index contributed by atoms with van der Waals surface area (Å²) in [5, 5.41) is 8.78. The van der Waals surface area contributed by atoms with E-state index in [9.17, 15) is 9.59 Å². The van der Waals surface area contributed by atoms with E-state index in [1.165, 1.54) is 19.3 Å². The maximum absolute atomic E-state index is 12.0. The zero-order valence-corrected chi connectivity index (χ0v) is 11.4. The van der Waals surface area contributed by atoms with Crippen molar-refractivity contribution in [3.8, 4) is 0 Å². The van der Waals surface area contributed by atoms with Crippen LogP contribution in [-0.4, -0.2) is 34.5 Å². The molecule has 18 heavy (non-hydrogen) atoms. The summed E-state index contributed by atoms with van der Waals surface area (Å²) in [6.07, 6.45) is 8.68. The van der Waals surface area contributed by atoms with Crippen LogP contribution in [0.5, 0.6) is 0 Å². The predicted molar refractivity (Wildman–Crippen MR) is 70.4 cm³/mol. The molecule has 4 heteroatoms. The largest absolute Gasteiger partial charge is 0.481 e. The lowest BCUT2D eigenvalue weighted by Crippen LogP contribution is -2.41. The van der Waals surface area contributed by atoms with Gasteiger partial charge in [-0.2, -0.15) is 0 Å². The van der Waals surface area contributed by atoms with Gasteiger partial charge in [0.2, 0.25) is 5.91 Å². The minimum atomic E-state index is -0.824. The summed E-state index contributed by atoms with van der Waals surface area (Å²) in [6, 6.07) is 0.261. The third-order valence-corrected chi connectivity index (χ3v) is 3.70. The second-order valence-corrected chi connectivity index (χ2v) is 5.08. The first-order chi connectivity index (χ1) is 8.65. The maximum Gasteiger partial charge on any atom is 0.305 e. The second-order valence-electron chi connectivity index (χ2n) is 5.08. The van der Waals surface area contributed by atoms with Gasteiger partial charge in [-0.05, 0) is 12.8 Å². The van der Waals surface area contributed by atoms with E-state index in [2.05, 4.69) is 0 Å². The molecule has 0 unspecified atom stereocenters. The summed E-state index contributed by atoms with van der Waals surface area (Å²) >= 11 is 0.